The van der Waals surface area contributed by atoms with Crippen LogP contribution in [-0.4, -0.2) is 49.7 Å². The van der Waals surface area contributed by atoms with Crippen LogP contribution in [0.25, 0.3) is 0 Å². The molecule has 0 spiro atoms. The van der Waals surface area contributed by atoms with Crippen molar-refractivity contribution in [2.45, 2.75) is 25.4 Å². The molecule has 132 valence electrons. The summed E-state index contributed by atoms with van der Waals surface area (Å²) < 4.78 is 37.2. The first-order chi connectivity index (χ1) is 11.4. The van der Waals surface area contributed by atoms with E-state index < -0.39 is 12.7 Å². The molecule has 1 amide bonds. The zero-order valence-electron chi connectivity index (χ0n) is 13.5. The molecule has 1 saturated heterocycles. The summed E-state index contributed by atoms with van der Waals surface area (Å²) in [5.41, 5.74) is 2.71. The number of fused-ring (bicyclic) bond motifs is 1. The van der Waals surface area contributed by atoms with E-state index >= 15 is 0 Å². The fourth-order valence-corrected chi connectivity index (χ4v) is 3.53. The fraction of sp³-hybridized carbons (Fsp3) is 0.588. The molecule has 2 N–H and O–H groups in total. The summed E-state index contributed by atoms with van der Waals surface area (Å²) in [7, 11) is 0. The molecule has 7 heteroatoms. The van der Waals surface area contributed by atoms with Crippen molar-refractivity contribution < 1.29 is 18.0 Å². The van der Waals surface area contributed by atoms with Crippen molar-refractivity contribution in [1.29, 1.82) is 0 Å². The molecule has 0 saturated carbocycles. The van der Waals surface area contributed by atoms with Crippen molar-refractivity contribution in [1.82, 2.24) is 10.2 Å². The minimum Gasteiger partial charge on any atom is -0.385 e. The van der Waals surface area contributed by atoms with Crippen LogP contribution in [-0.2, 0) is 6.42 Å². The molecular formula is C17H22F3N3O. The highest BCUT2D eigenvalue weighted by molar-refractivity contribution is 5.97. The lowest BCUT2D eigenvalue weighted by atomic mass is 9.97. The van der Waals surface area contributed by atoms with Crippen molar-refractivity contribution >= 4 is 11.6 Å². The first kappa shape index (κ1) is 17.1. The zero-order chi connectivity index (χ0) is 17.2. The van der Waals surface area contributed by atoms with Gasteiger partial charge in [-0.05, 0) is 49.4 Å². The van der Waals surface area contributed by atoms with Gasteiger partial charge in [-0.15, -0.1) is 0 Å². The van der Waals surface area contributed by atoms with Gasteiger partial charge in [0.1, 0.15) is 0 Å². The Labute approximate surface area is 139 Å². The van der Waals surface area contributed by atoms with E-state index in [1.807, 2.05) is 18.2 Å². The molecule has 1 atom stereocenters. The molecule has 2 heterocycles. The second-order valence-corrected chi connectivity index (χ2v) is 6.58. The van der Waals surface area contributed by atoms with Crippen LogP contribution in [0.4, 0.5) is 18.9 Å². The SMILES string of the molecule is O=C(NCC1CCN(CC(F)(F)F)C1)c1cccc2c1CCCN2. The van der Waals surface area contributed by atoms with Gasteiger partial charge in [-0.3, -0.25) is 9.69 Å². The van der Waals surface area contributed by atoms with Gasteiger partial charge in [-0.1, -0.05) is 6.07 Å². The number of likely N-dealkylation sites (tertiary alicyclic amines) is 1. The standard InChI is InChI=1S/C17H22F3N3O/c18-17(19,20)11-23-8-6-12(10-23)9-22-16(24)14-3-1-5-15-13(14)4-2-7-21-15/h1,3,5,12,21H,2,4,6-11H2,(H,22,24). The highest BCUT2D eigenvalue weighted by atomic mass is 19.4. The molecule has 2 aliphatic heterocycles. The maximum absolute atomic E-state index is 12.5. The highest BCUT2D eigenvalue weighted by Crippen LogP contribution is 2.26. The van der Waals surface area contributed by atoms with Gasteiger partial charge in [0.2, 0.25) is 0 Å². The number of carbonyl (C=O) groups is 1. The maximum Gasteiger partial charge on any atom is 0.401 e. The molecule has 24 heavy (non-hydrogen) atoms. The predicted molar refractivity (Wildman–Crippen MR) is 86.2 cm³/mol. The van der Waals surface area contributed by atoms with Gasteiger partial charge in [-0.25, -0.2) is 0 Å². The molecule has 2 aliphatic rings. The van der Waals surface area contributed by atoms with Crippen molar-refractivity contribution in [2.24, 2.45) is 5.92 Å². The molecule has 0 aliphatic carbocycles. The van der Waals surface area contributed by atoms with Crippen molar-refractivity contribution in [3.8, 4) is 0 Å². The second kappa shape index (κ2) is 7.01. The maximum atomic E-state index is 12.5. The van der Waals surface area contributed by atoms with E-state index in [-0.39, 0.29) is 11.8 Å². The van der Waals surface area contributed by atoms with Gasteiger partial charge in [0, 0.05) is 30.9 Å². The first-order valence-corrected chi connectivity index (χ1v) is 8.35. The number of amides is 1. The third kappa shape index (κ3) is 4.20. The van der Waals surface area contributed by atoms with Crippen LogP contribution in [0.15, 0.2) is 18.2 Å². The summed E-state index contributed by atoms with van der Waals surface area (Å²) >= 11 is 0. The molecule has 0 aromatic heterocycles. The number of alkyl halides is 3. The predicted octanol–water partition coefficient (Wildman–Crippen LogP) is 2.66. The third-order valence-electron chi connectivity index (χ3n) is 4.66. The Balaban J connectivity index is 1.54. The normalized spacial score (nSPS) is 21.2. The number of rotatable bonds is 4. The molecule has 1 aromatic rings. The minimum atomic E-state index is -4.16. The minimum absolute atomic E-state index is 0.0777. The average Bonchev–Trinajstić information content (AvgIpc) is 2.97. The molecule has 0 bridgehead atoms. The Kier molecular flexibility index (Phi) is 4.99. The topological polar surface area (TPSA) is 44.4 Å². The van der Waals surface area contributed by atoms with Gasteiger partial charge in [0.25, 0.3) is 5.91 Å². The Hall–Kier alpha value is -1.76. The molecular weight excluding hydrogens is 319 g/mol. The summed E-state index contributed by atoms with van der Waals surface area (Å²) in [5, 5.41) is 6.19. The second-order valence-electron chi connectivity index (χ2n) is 6.58. The lowest BCUT2D eigenvalue weighted by Gasteiger charge is -2.21. The van der Waals surface area contributed by atoms with Gasteiger partial charge in [-0.2, -0.15) is 13.2 Å². The number of nitrogens with one attached hydrogen (secondary N) is 2. The van der Waals surface area contributed by atoms with E-state index in [0.29, 0.717) is 31.6 Å². The van der Waals surface area contributed by atoms with E-state index in [1.165, 1.54) is 4.90 Å². The van der Waals surface area contributed by atoms with Crippen LogP contribution in [0, 0.1) is 5.92 Å². The van der Waals surface area contributed by atoms with E-state index in [9.17, 15) is 18.0 Å². The number of anilines is 1. The van der Waals surface area contributed by atoms with Crippen LogP contribution >= 0.6 is 0 Å². The van der Waals surface area contributed by atoms with Crippen molar-refractivity contribution in [3.05, 3.63) is 29.3 Å². The summed E-state index contributed by atoms with van der Waals surface area (Å²) in [5.74, 6) is -0.0567. The summed E-state index contributed by atoms with van der Waals surface area (Å²) in [6.07, 6.45) is -1.61. The van der Waals surface area contributed by atoms with Gasteiger partial charge >= 0.3 is 6.18 Å². The Bertz CT molecular complexity index is 603. The third-order valence-corrected chi connectivity index (χ3v) is 4.66. The molecule has 1 unspecified atom stereocenters. The van der Waals surface area contributed by atoms with Gasteiger partial charge < -0.3 is 10.6 Å². The fourth-order valence-electron chi connectivity index (χ4n) is 3.53. The molecule has 1 aromatic carbocycles. The van der Waals surface area contributed by atoms with Gasteiger partial charge in [0.15, 0.2) is 0 Å². The van der Waals surface area contributed by atoms with Crippen LogP contribution in [0.2, 0.25) is 0 Å². The van der Waals surface area contributed by atoms with Crippen LogP contribution in [0.5, 0.6) is 0 Å². The average molecular weight is 341 g/mol. The summed E-state index contributed by atoms with van der Waals surface area (Å²) in [6.45, 7) is 1.29. The molecule has 3 rings (SSSR count). The van der Waals surface area contributed by atoms with Crippen LogP contribution in [0.1, 0.15) is 28.8 Å². The Morgan fingerprint density at radius 1 is 1.38 bits per heavy atom. The number of hydrogen-bond acceptors (Lipinski definition) is 3. The summed E-state index contributed by atoms with van der Waals surface area (Å²) in [6, 6.07) is 5.63. The van der Waals surface area contributed by atoms with Crippen molar-refractivity contribution in [3.63, 3.8) is 0 Å². The number of nitrogens with zero attached hydrogens (tertiary/aromatic N) is 1. The lowest BCUT2D eigenvalue weighted by molar-refractivity contribution is -0.143. The van der Waals surface area contributed by atoms with Gasteiger partial charge in [0.05, 0.1) is 6.54 Å². The Morgan fingerprint density at radius 2 is 2.21 bits per heavy atom. The summed E-state index contributed by atoms with van der Waals surface area (Å²) in [4.78, 5) is 13.9. The van der Waals surface area contributed by atoms with E-state index in [0.717, 1.165) is 30.6 Å². The quantitative estimate of drug-likeness (QED) is 0.885. The zero-order valence-corrected chi connectivity index (χ0v) is 13.5. The van der Waals surface area contributed by atoms with E-state index in [1.54, 1.807) is 0 Å². The smallest absolute Gasteiger partial charge is 0.385 e. The van der Waals surface area contributed by atoms with E-state index in [4.69, 9.17) is 0 Å². The number of halogens is 3. The highest BCUT2D eigenvalue weighted by Gasteiger charge is 2.34. The molecule has 1 fully saturated rings. The van der Waals surface area contributed by atoms with E-state index in [2.05, 4.69) is 10.6 Å². The lowest BCUT2D eigenvalue weighted by Crippen LogP contribution is -2.35. The first-order valence-electron chi connectivity index (χ1n) is 8.35. The molecule has 0 radical (unpaired) electrons. The van der Waals surface area contributed by atoms with Crippen molar-refractivity contribution in [2.75, 3.05) is 38.0 Å². The van der Waals surface area contributed by atoms with Crippen LogP contribution in [0.3, 0.4) is 0 Å². The van der Waals surface area contributed by atoms with Crippen LogP contribution < -0.4 is 10.6 Å². The number of carbonyl (C=O) groups excluding carboxylic acids is 1. The largest absolute Gasteiger partial charge is 0.401 e. The molecule has 4 nitrogen and oxygen atoms in total. The number of hydrogen-bond donors (Lipinski definition) is 2. The Morgan fingerprint density at radius 3 is 3.00 bits per heavy atom. The monoisotopic (exact) mass is 341 g/mol. The number of benzene rings is 1.